The van der Waals surface area contributed by atoms with Crippen LogP contribution in [0.15, 0.2) is 12.2 Å². The van der Waals surface area contributed by atoms with E-state index in [-0.39, 0.29) is 12.1 Å². The van der Waals surface area contributed by atoms with Crippen LogP contribution in [0.2, 0.25) is 0 Å². The van der Waals surface area contributed by atoms with Crippen LogP contribution in [0.3, 0.4) is 0 Å². The van der Waals surface area contributed by atoms with Crippen molar-refractivity contribution in [1.29, 1.82) is 0 Å². The summed E-state index contributed by atoms with van der Waals surface area (Å²) in [5, 5.41) is 13.2. The van der Waals surface area contributed by atoms with Crippen LogP contribution in [0.5, 0.6) is 0 Å². The lowest BCUT2D eigenvalue weighted by atomic mass is 10.0. The summed E-state index contributed by atoms with van der Waals surface area (Å²) < 4.78 is 0. The fourth-order valence-corrected chi connectivity index (χ4v) is 5.36. The molecule has 2 atom stereocenters. The Bertz CT molecular complexity index is 475. The van der Waals surface area contributed by atoms with Gasteiger partial charge >= 0.3 is 0 Å². The summed E-state index contributed by atoms with van der Waals surface area (Å²) in [7, 11) is 1.94. The highest BCUT2D eigenvalue weighted by molar-refractivity contribution is 5.48. The molecule has 0 amide bonds. The second-order valence-corrected chi connectivity index (χ2v) is 12.1. The average Bonchev–Trinajstić information content (AvgIpc) is 2.96. The molecule has 2 N–H and O–H groups in total. The topological polar surface area (TPSA) is 49.3 Å². The summed E-state index contributed by atoms with van der Waals surface area (Å²) in [5.41, 5.74) is 0. The number of likely N-dealkylation sites (N-methyl/N-ethyl adjacent to an activating group) is 1. The highest BCUT2D eigenvalue weighted by atomic mass is 16.3. The van der Waals surface area contributed by atoms with Crippen LogP contribution in [0.4, 0.5) is 0 Å². The maximum absolute atomic E-state index is 10.1. The number of rotatable bonds is 31. The molecule has 0 fully saturated rings. The highest BCUT2D eigenvalue weighted by Gasteiger charge is 2.14. The van der Waals surface area contributed by atoms with Gasteiger partial charge in [0.25, 0.3) is 0 Å². The molecule has 0 bridgehead atoms. The number of unbranched alkanes of at least 4 members (excludes halogenated alkanes) is 23. The second-order valence-electron chi connectivity index (χ2n) is 12.1. The van der Waals surface area contributed by atoms with Gasteiger partial charge in [0, 0.05) is 12.5 Å². The first-order valence-electron chi connectivity index (χ1n) is 18.1. The van der Waals surface area contributed by atoms with Crippen LogP contribution in [0, 0.1) is 0 Å². The number of hydrogen-bond donors (Lipinski definition) is 2. The Balaban J connectivity index is 0. The van der Waals surface area contributed by atoms with Gasteiger partial charge < -0.3 is 15.2 Å². The molecule has 2 unspecified atom stereocenters. The van der Waals surface area contributed by atoms with E-state index in [2.05, 4.69) is 38.2 Å². The number of carbonyl (C=O) groups is 1. The van der Waals surface area contributed by atoms with E-state index in [1.807, 2.05) is 7.05 Å². The van der Waals surface area contributed by atoms with E-state index in [0.717, 1.165) is 32.0 Å². The van der Waals surface area contributed by atoms with E-state index < -0.39 is 0 Å². The van der Waals surface area contributed by atoms with Crippen molar-refractivity contribution in [3.63, 3.8) is 0 Å². The van der Waals surface area contributed by atoms with Gasteiger partial charge in [-0.15, -0.1) is 0 Å². The van der Waals surface area contributed by atoms with E-state index in [0.29, 0.717) is 0 Å². The van der Waals surface area contributed by atoms with Gasteiger partial charge in [0.2, 0.25) is 0 Å². The monoisotopic (exact) mass is 566 g/mol. The van der Waals surface area contributed by atoms with Crippen LogP contribution in [0.1, 0.15) is 201 Å². The molecule has 0 aliphatic heterocycles. The summed E-state index contributed by atoms with van der Waals surface area (Å²) in [5.74, 6) is 0. The largest absolute Gasteiger partial charge is 0.392 e. The number of nitrogens with one attached hydrogen (secondary N) is 1. The smallest absolute Gasteiger partial charge is 0.119 e. The summed E-state index contributed by atoms with van der Waals surface area (Å²) in [4.78, 5) is 10.1. The van der Waals surface area contributed by atoms with Gasteiger partial charge in [0.15, 0.2) is 0 Å². The van der Waals surface area contributed by atoms with E-state index in [1.165, 1.54) is 154 Å². The Labute approximate surface area is 253 Å². The molecule has 3 heteroatoms. The molecule has 40 heavy (non-hydrogen) atoms. The lowest BCUT2D eigenvalue weighted by Crippen LogP contribution is -2.36. The zero-order valence-corrected chi connectivity index (χ0v) is 28.0. The standard InChI is InChI=1S/C22H45NO.C15H30O/c1-4-6-7-8-9-10-11-12-13-14-15-16-17-18-19-20-22(24)21(5-2)23-3;1-2-3-4-5-6-7-8-9-10-11-12-13-14-15-16/h10-11,21-24H,4-9,12-20H2,1-3H3;15H,2-14H2,1H3/b11-10-;. The molecular weight excluding hydrogens is 490 g/mol. The van der Waals surface area contributed by atoms with Gasteiger partial charge in [-0.2, -0.15) is 0 Å². The molecule has 0 aromatic rings. The number of aliphatic hydroxyl groups excluding tert-OH is 1. The second kappa shape index (κ2) is 38.3. The zero-order chi connectivity index (χ0) is 29.8. The number of carbonyl (C=O) groups excluding carboxylic acids is 1. The van der Waals surface area contributed by atoms with Crippen molar-refractivity contribution < 1.29 is 9.90 Å². The average molecular weight is 566 g/mol. The lowest BCUT2D eigenvalue weighted by molar-refractivity contribution is -0.107. The molecule has 0 spiro atoms. The Morgan fingerprint density at radius 2 is 0.875 bits per heavy atom. The van der Waals surface area contributed by atoms with E-state index in [4.69, 9.17) is 0 Å². The summed E-state index contributed by atoms with van der Waals surface area (Å²) in [6.07, 6.45) is 42.0. The van der Waals surface area contributed by atoms with Crippen molar-refractivity contribution in [2.75, 3.05) is 7.05 Å². The van der Waals surface area contributed by atoms with Crippen molar-refractivity contribution in [3.05, 3.63) is 12.2 Å². The predicted octanol–water partition coefficient (Wildman–Crippen LogP) is 11.7. The molecule has 0 saturated heterocycles. The maximum atomic E-state index is 10.1. The molecule has 3 nitrogen and oxygen atoms in total. The van der Waals surface area contributed by atoms with Gasteiger partial charge in [0.1, 0.15) is 6.29 Å². The predicted molar refractivity (Wildman–Crippen MR) is 180 cm³/mol. The zero-order valence-electron chi connectivity index (χ0n) is 28.0. The Hall–Kier alpha value is -0.670. The van der Waals surface area contributed by atoms with Crippen LogP contribution in [-0.4, -0.2) is 30.6 Å². The molecule has 0 heterocycles. The molecule has 0 saturated carbocycles. The molecule has 0 radical (unpaired) electrons. The van der Waals surface area contributed by atoms with Gasteiger partial charge in [0.05, 0.1) is 6.10 Å². The third-order valence-electron chi connectivity index (χ3n) is 8.21. The summed E-state index contributed by atoms with van der Waals surface area (Å²) in [6, 6.07) is 0.268. The van der Waals surface area contributed by atoms with Gasteiger partial charge in [-0.3, -0.25) is 0 Å². The fourth-order valence-electron chi connectivity index (χ4n) is 5.36. The van der Waals surface area contributed by atoms with E-state index >= 15 is 0 Å². The van der Waals surface area contributed by atoms with Crippen LogP contribution < -0.4 is 5.32 Å². The minimum Gasteiger partial charge on any atom is -0.392 e. The van der Waals surface area contributed by atoms with E-state index in [1.54, 1.807) is 0 Å². The van der Waals surface area contributed by atoms with Gasteiger partial charge in [-0.25, -0.2) is 0 Å². The number of hydrogen-bond acceptors (Lipinski definition) is 3. The molecule has 0 aromatic heterocycles. The molecular formula is C37H75NO2. The Morgan fingerprint density at radius 1 is 0.525 bits per heavy atom. The Morgan fingerprint density at radius 3 is 1.25 bits per heavy atom. The maximum Gasteiger partial charge on any atom is 0.119 e. The number of aliphatic hydroxyl groups is 1. The van der Waals surface area contributed by atoms with Crippen molar-refractivity contribution in [3.8, 4) is 0 Å². The van der Waals surface area contributed by atoms with Crippen LogP contribution >= 0.6 is 0 Å². The highest BCUT2D eigenvalue weighted by Crippen LogP contribution is 2.14. The first kappa shape index (κ1) is 41.5. The SMILES string of the molecule is CCCCCC/C=C\CCCCCCCCCC(O)C(CC)NC.CCCCCCCCCCCCCCC=O. The first-order valence-corrected chi connectivity index (χ1v) is 18.1. The summed E-state index contributed by atoms with van der Waals surface area (Å²) >= 11 is 0. The Kier molecular flexibility index (Phi) is 39.7. The van der Waals surface area contributed by atoms with Crippen molar-refractivity contribution >= 4 is 6.29 Å². The first-order chi connectivity index (χ1) is 19.7. The van der Waals surface area contributed by atoms with Crippen molar-refractivity contribution in [2.24, 2.45) is 0 Å². The fraction of sp³-hybridized carbons (Fsp3) is 0.919. The molecule has 240 valence electrons. The van der Waals surface area contributed by atoms with Gasteiger partial charge in [-0.1, -0.05) is 161 Å². The minimum atomic E-state index is -0.172. The molecule has 0 aliphatic carbocycles. The minimum absolute atomic E-state index is 0.172. The van der Waals surface area contributed by atoms with Crippen molar-refractivity contribution in [1.82, 2.24) is 5.32 Å². The summed E-state index contributed by atoms with van der Waals surface area (Å²) in [6.45, 7) is 6.67. The molecule has 0 aromatic carbocycles. The third kappa shape index (κ3) is 35.4. The number of allylic oxidation sites excluding steroid dienone is 2. The quantitative estimate of drug-likeness (QED) is 0.0499. The van der Waals surface area contributed by atoms with Crippen molar-refractivity contribution in [2.45, 2.75) is 213 Å². The van der Waals surface area contributed by atoms with Crippen LogP contribution in [-0.2, 0) is 4.79 Å². The normalized spacial score (nSPS) is 12.8. The lowest BCUT2D eigenvalue weighted by Gasteiger charge is -2.20. The van der Waals surface area contributed by atoms with E-state index in [9.17, 15) is 9.90 Å². The third-order valence-corrected chi connectivity index (χ3v) is 8.21. The molecule has 0 aliphatic rings. The number of aldehydes is 1. The van der Waals surface area contributed by atoms with Crippen LogP contribution in [0.25, 0.3) is 0 Å². The molecule has 0 rings (SSSR count). The van der Waals surface area contributed by atoms with Gasteiger partial charge in [-0.05, 0) is 52.0 Å².